The first-order valence-corrected chi connectivity index (χ1v) is 24.2. The lowest BCUT2D eigenvalue weighted by molar-refractivity contribution is -0.144. The van der Waals surface area contributed by atoms with E-state index >= 15 is 0 Å². The number of nitrogens with two attached hydrogens (primary N) is 1. The van der Waals surface area contributed by atoms with Gasteiger partial charge in [0.05, 0.1) is 53.2 Å². The predicted molar refractivity (Wildman–Crippen MR) is 267 cm³/mol. The molecule has 5 N–H and O–H groups in total. The van der Waals surface area contributed by atoms with Crippen LogP contribution in [0.15, 0.2) is 95.0 Å². The first-order valence-electron chi connectivity index (χ1n) is 23.3. The first-order chi connectivity index (χ1) is 33.6. The number of β-amino-alcohol motifs (C(OH)–C–C–N with tert-alkyl or cyclic N) is 1. The van der Waals surface area contributed by atoms with Crippen LogP contribution in [0.2, 0.25) is 0 Å². The summed E-state index contributed by atoms with van der Waals surface area (Å²) in [5.74, 6) is -0.689. The average molecular weight is 970 g/mol. The van der Waals surface area contributed by atoms with Gasteiger partial charge in [-0.05, 0) is 78.8 Å². The Morgan fingerprint density at radius 2 is 1.63 bits per heavy atom. The van der Waals surface area contributed by atoms with Gasteiger partial charge in [-0.15, -0.1) is 11.3 Å². The Morgan fingerprint density at radius 3 is 2.31 bits per heavy atom. The van der Waals surface area contributed by atoms with Crippen LogP contribution < -0.4 is 21.1 Å². The number of ether oxygens (including phenoxy) is 3. The van der Waals surface area contributed by atoms with Crippen molar-refractivity contribution in [2.75, 3.05) is 39.6 Å². The second kappa shape index (κ2) is 21.4. The second-order valence-electron chi connectivity index (χ2n) is 18.7. The van der Waals surface area contributed by atoms with Crippen molar-refractivity contribution in [1.82, 2.24) is 30.2 Å². The molecule has 4 heterocycles. The molecule has 4 aromatic carbocycles. The van der Waals surface area contributed by atoms with Crippen molar-refractivity contribution < 1.29 is 43.0 Å². The molecule has 3 aromatic heterocycles. The van der Waals surface area contributed by atoms with Crippen LogP contribution in [0.25, 0.3) is 43.4 Å². The van der Waals surface area contributed by atoms with Crippen LogP contribution in [0.4, 0.5) is 0 Å². The van der Waals surface area contributed by atoms with Gasteiger partial charge in [-0.1, -0.05) is 80.5 Å². The Hall–Kier alpha value is -6.92. The number of aliphatic hydroxyl groups excluding tert-OH is 1. The molecule has 0 saturated carbocycles. The minimum atomic E-state index is -0.993. The van der Waals surface area contributed by atoms with E-state index in [0.29, 0.717) is 34.7 Å². The standard InChI is InChI=1S/C53H59N7O9S/c1-31-46(33(3)69-58-31)37-22-41(50(54)63)47-40-25-39(16-17-42(40)59(43(47)23-37)27-35-10-8-7-9-11-35)68-21-20-66-18-19-67-29-45(62)57-49(53(4,5)6)52(65)60-28-38(61)24-44(60)51(64)55-26-34-12-14-36(15-13-34)48-32(2)56-30-70-48/h7-17,22-23,25,30,38,44,49,61H,18-21,24,26-29H2,1-6H3,(H2,54,63)(H,55,64)(H,57,62)/t38-,44+,49-/m1/s1. The molecule has 17 heteroatoms. The number of aromatic nitrogens is 3. The summed E-state index contributed by atoms with van der Waals surface area (Å²) in [6.07, 6.45) is -0.805. The number of likely N-dealkylation sites (tertiary alicyclic amines) is 1. The van der Waals surface area contributed by atoms with Crippen LogP contribution in [0.5, 0.6) is 5.75 Å². The molecule has 0 spiro atoms. The van der Waals surface area contributed by atoms with Crippen LogP contribution in [0.1, 0.15) is 65.8 Å². The molecule has 4 amide bonds. The molecule has 8 rings (SSSR count). The van der Waals surface area contributed by atoms with Crippen molar-refractivity contribution in [3.63, 3.8) is 0 Å². The molecule has 0 unspecified atom stereocenters. The van der Waals surface area contributed by atoms with Gasteiger partial charge < -0.3 is 49.7 Å². The van der Waals surface area contributed by atoms with E-state index in [0.717, 1.165) is 54.8 Å². The summed E-state index contributed by atoms with van der Waals surface area (Å²) in [7, 11) is 0. The van der Waals surface area contributed by atoms with E-state index in [1.807, 2.05) is 114 Å². The zero-order valence-electron chi connectivity index (χ0n) is 40.2. The highest BCUT2D eigenvalue weighted by atomic mass is 32.1. The Balaban J connectivity index is 0.830. The third-order valence-corrected chi connectivity index (χ3v) is 13.5. The smallest absolute Gasteiger partial charge is 0.249 e. The second-order valence-corrected chi connectivity index (χ2v) is 19.5. The van der Waals surface area contributed by atoms with Crippen molar-refractivity contribution in [2.45, 2.75) is 79.2 Å². The minimum Gasteiger partial charge on any atom is -0.491 e. The van der Waals surface area contributed by atoms with Crippen LogP contribution in [0.3, 0.4) is 0 Å². The Labute approximate surface area is 410 Å². The van der Waals surface area contributed by atoms with E-state index in [2.05, 4.69) is 37.5 Å². The van der Waals surface area contributed by atoms with Gasteiger partial charge in [-0.3, -0.25) is 19.2 Å². The van der Waals surface area contributed by atoms with E-state index < -0.39 is 41.3 Å². The highest BCUT2D eigenvalue weighted by Gasteiger charge is 2.44. The molecule has 16 nitrogen and oxygen atoms in total. The van der Waals surface area contributed by atoms with Crippen molar-refractivity contribution in [1.29, 1.82) is 0 Å². The first kappa shape index (κ1) is 49.5. The molecule has 0 bridgehead atoms. The number of benzene rings is 4. The lowest BCUT2D eigenvalue weighted by atomic mass is 9.85. The van der Waals surface area contributed by atoms with Crippen molar-refractivity contribution in [3.05, 3.63) is 124 Å². The highest BCUT2D eigenvalue weighted by Crippen LogP contribution is 2.39. The van der Waals surface area contributed by atoms with Crippen LogP contribution in [-0.2, 0) is 36.9 Å². The fourth-order valence-electron chi connectivity index (χ4n) is 9.05. The number of carbonyl (C=O) groups is 4. The molecule has 1 aliphatic rings. The number of hydrogen-bond donors (Lipinski definition) is 4. The van der Waals surface area contributed by atoms with Gasteiger partial charge in [0.15, 0.2) is 0 Å². The summed E-state index contributed by atoms with van der Waals surface area (Å²) in [5.41, 5.74) is 15.5. The SMILES string of the molecule is Cc1ncsc1-c1ccc(CNC(=O)[C@@H]2C[C@@H](O)CN2C(=O)[C@@H](NC(=O)COCCOCCOc2ccc3c(c2)c2c(C(N)=O)cc(-c4c(C)noc4C)cc2n3Cc2ccccc2)C(C)(C)C)cc1. The fraction of sp³-hybridized carbons (Fsp3) is 0.358. The zero-order valence-corrected chi connectivity index (χ0v) is 41.1. The Kier molecular flexibility index (Phi) is 15.1. The fourth-order valence-corrected chi connectivity index (χ4v) is 9.86. The third-order valence-electron chi connectivity index (χ3n) is 12.5. The van der Waals surface area contributed by atoms with E-state index in [4.69, 9.17) is 24.5 Å². The molecular formula is C53H59N7O9S. The maximum Gasteiger partial charge on any atom is 0.249 e. The summed E-state index contributed by atoms with van der Waals surface area (Å²) in [5, 5.41) is 22.0. The largest absolute Gasteiger partial charge is 0.491 e. The normalized spacial score (nSPS) is 15.4. The number of fused-ring (bicyclic) bond motifs is 3. The molecule has 7 aromatic rings. The molecule has 70 heavy (non-hydrogen) atoms. The van der Waals surface area contributed by atoms with Crippen LogP contribution >= 0.6 is 11.3 Å². The molecule has 1 fully saturated rings. The predicted octanol–water partition coefficient (Wildman–Crippen LogP) is 6.87. The molecular weight excluding hydrogens is 911 g/mol. The molecule has 1 aliphatic heterocycles. The number of amides is 4. The van der Waals surface area contributed by atoms with Gasteiger partial charge in [0, 0.05) is 53.5 Å². The van der Waals surface area contributed by atoms with Gasteiger partial charge in [-0.25, -0.2) is 4.98 Å². The summed E-state index contributed by atoms with van der Waals surface area (Å²) in [4.78, 5) is 60.6. The van der Waals surface area contributed by atoms with Gasteiger partial charge in [0.1, 0.15) is 36.8 Å². The van der Waals surface area contributed by atoms with E-state index in [9.17, 15) is 24.3 Å². The van der Waals surface area contributed by atoms with E-state index in [1.165, 1.54) is 4.90 Å². The number of hydrogen-bond acceptors (Lipinski definition) is 12. The van der Waals surface area contributed by atoms with Gasteiger partial charge in [0.2, 0.25) is 23.6 Å². The number of thiazole rings is 1. The topological polar surface area (TPSA) is 213 Å². The number of primary amides is 1. The summed E-state index contributed by atoms with van der Waals surface area (Å²) in [6.45, 7) is 12.3. The number of aliphatic hydroxyl groups is 1. The Morgan fingerprint density at radius 1 is 0.886 bits per heavy atom. The number of carbonyl (C=O) groups excluding carboxylic acids is 4. The lowest BCUT2D eigenvalue weighted by Gasteiger charge is -2.35. The molecule has 0 radical (unpaired) electrons. The number of nitrogens with one attached hydrogen (secondary N) is 2. The molecule has 1 saturated heterocycles. The molecule has 366 valence electrons. The zero-order chi connectivity index (χ0) is 49.7. The minimum absolute atomic E-state index is 0.0320. The number of rotatable bonds is 19. The number of nitrogens with zero attached hydrogens (tertiary/aromatic N) is 4. The summed E-state index contributed by atoms with van der Waals surface area (Å²) in [6, 6.07) is 25.6. The summed E-state index contributed by atoms with van der Waals surface area (Å²) >= 11 is 1.57. The van der Waals surface area contributed by atoms with E-state index in [-0.39, 0.29) is 58.5 Å². The quantitative estimate of drug-likeness (QED) is 0.0615. The van der Waals surface area contributed by atoms with Crippen LogP contribution in [-0.4, -0.2) is 106 Å². The molecule has 3 atom stereocenters. The van der Waals surface area contributed by atoms with Gasteiger partial charge >= 0.3 is 0 Å². The van der Waals surface area contributed by atoms with Gasteiger partial charge in [0.25, 0.3) is 0 Å². The number of aryl methyl sites for hydroxylation is 3. The lowest BCUT2D eigenvalue weighted by Crippen LogP contribution is -2.58. The maximum atomic E-state index is 14.0. The van der Waals surface area contributed by atoms with Crippen molar-refractivity contribution >= 4 is 56.8 Å². The monoisotopic (exact) mass is 969 g/mol. The van der Waals surface area contributed by atoms with E-state index in [1.54, 1.807) is 17.4 Å². The molecule has 0 aliphatic carbocycles. The maximum absolute atomic E-state index is 14.0. The van der Waals surface area contributed by atoms with Crippen LogP contribution in [0, 0.1) is 26.2 Å². The van der Waals surface area contributed by atoms with Crippen molar-refractivity contribution in [3.8, 4) is 27.3 Å². The average Bonchev–Trinajstić information content (AvgIpc) is 4.11. The third kappa shape index (κ3) is 11.1. The Bertz CT molecular complexity index is 2990. The van der Waals surface area contributed by atoms with Gasteiger partial charge in [-0.2, -0.15) is 0 Å². The van der Waals surface area contributed by atoms with Crippen molar-refractivity contribution in [2.24, 2.45) is 11.1 Å². The summed E-state index contributed by atoms with van der Waals surface area (Å²) < 4.78 is 25.1. The highest BCUT2D eigenvalue weighted by molar-refractivity contribution is 7.13.